The summed E-state index contributed by atoms with van der Waals surface area (Å²) in [6, 6.07) is 15.4. The van der Waals surface area contributed by atoms with Crippen LogP contribution in [0.5, 0.6) is 0 Å². The third kappa shape index (κ3) is 6.17. The van der Waals surface area contributed by atoms with E-state index in [-0.39, 0.29) is 11.8 Å². The zero-order valence-electron chi connectivity index (χ0n) is 21.0. The van der Waals surface area contributed by atoms with Crippen LogP contribution >= 0.6 is 0 Å². The van der Waals surface area contributed by atoms with E-state index in [0.717, 1.165) is 41.4 Å². The number of carbonyl (C=O) groups is 2. The van der Waals surface area contributed by atoms with Crippen LogP contribution < -0.4 is 10.6 Å². The highest BCUT2D eigenvalue weighted by atomic mass is 16.5. The molecule has 0 aliphatic carbocycles. The fraction of sp³-hybridized carbons (Fsp3) is 0.345. The Balaban J connectivity index is 1.54. The maximum atomic E-state index is 12.8. The van der Waals surface area contributed by atoms with Gasteiger partial charge in [-0.3, -0.25) is 9.59 Å². The Hall–Kier alpha value is -3.55. The van der Waals surface area contributed by atoms with Gasteiger partial charge in [0.05, 0.1) is 18.0 Å². The number of carbonyl (C=O) groups excluding carboxylic acids is 2. The van der Waals surface area contributed by atoms with E-state index in [9.17, 15) is 9.59 Å². The maximum Gasteiger partial charge on any atom is 0.269 e. The number of nitrogens with zero attached hydrogens (tertiary/aromatic N) is 2. The highest BCUT2D eigenvalue weighted by Crippen LogP contribution is 2.32. The molecule has 1 aliphatic heterocycles. The Bertz CT molecular complexity index is 1250. The lowest BCUT2D eigenvalue weighted by atomic mass is 9.94. The SMILES string of the molecule is C=CC(=O)Nc1c(COC)ccc2ccc(-c3cccc(C(=O)NCCC4CCN(C)CC4)n3)cc12. The third-order valence-electron chi connectivity index (χ3n) is 6.80. The number of hydrogen-bond donors (Lipinski definition) is 2. The Labute approximate surface area is 212 Å². The lowest BCUT2D eigenvalue weighted by Crippen LogP contribution is -2.32. The monoisotopic (exact) mass is 486 g/mol. The molecule has 188 valence electrons. The average Bonchev–Trinajstić information content (AvgIpc) is 2.90. The van der Waals surface area contributed by atoms with E-state index in [1.165, 1.54) is 18.9 Å². The number of piperidine rings is 1. The van der Waals surface area contributed by atoms with Crippen molar-refractivity contribution in [2.24, 2.45) is 5.92 Å². The van der Waals surface area contributed by atoms with Gasteiger partial charge in [-0.2, -0.15) is 0 Å². The summed E-state index contributed by atoms with van der Waals surface area (Å²) in [5, 5.41) is 7.80. The van der Waals surface area contributed by atoms with Crippen molar-refractivity contribution >= 4 is 28.3 Å². The van der Waals surface area contributed by atoms with E-state index < -0.39 is 0 Å². The summed E-state index contributed by atoms with van der Waals surface area (Å²) in [5.41, 5.74) is 3.49. The molecule has 7 heteroatoms. The van der Waals surface area contributed by atoms with Crippen molar-refractivity contribution in [2.45, 2.75) is 25.9 Å². The summed E-state index contributed by atoms with van der Waals surface area (Å²) < 4.78 is 5.33. The summed E-state index contributed by atoms with van der Waals surface area (Å²) in [4.78, 5) is 31.9. The molecule has 2 amide bonds. The molecule has 0 unspecified atom stereocenters. The van der Waals surface area contributed by atoms with Gasteiger partial charge < -0.3 is 20.3 Å². The minimum Gasteiger partial charge on any atom is -0.380 e. The second kappa shape index (κ2) is 11.9. The van der Waals surface area contributed by atoms with Crippen LogP contribution in [0.25, 0.3) is 22.0 Å². The predicted molar refractivity (Wildman–Crippen MR) is 144 cm³/mol. The quantitative estimate of drug-likeness (QED) is 0.431. The van der Waals surface area contributed by atoms with Gasteiger partial charge in [-0.05, 0) is 75.0 Å². The highest BCUT2D eigenvalue weighted by molar-refractivity contribution is 6.07. The van der Waals surface area contributed by atoms with Gasteiger partial charge in [0.15, 0.2) is 0 Å². The Kier molecular flexibility index (Phi) is 8.46. The Morgan fingerprint density at radius 1 is 1.17 bits per heavy atom. The number of anilines is 1. The number of fused-ring (bicyclic) bond motifs is 1. The first-order valence-electron chi connectivity index (χ1n) is 12.4. The van der Waals surface area contributed by atoms with E-state index in [1.54, 1.807) is 13.2 Å². The number of methoxy groups -OCH3 is 1. The zero-order valence-corrected chi connectivity index (χ0v) is 21.0. The van der Waals surface area contributed by atoms with E-state index in [2.05, 4.69) is 34.1 Å². The van der Waals surface area contributed by atoms with Crippen molar-refractivity contribution in [1.82, 2.24) is 15.2 Å². The molecular formula is C29H34N4O3. The predicted octanol–water partition coefficient (Wildman–Crippen LogP) is 4.63. The Morgan fingerprint density at radius 2 is 1.94 bits per heavy atom. The largest absolute Gasteiger partial charge is 0.380 e. The van der Waals surface area contributed by atoms with Crippen LogP contribution in [0, 0.1) is 5.92 Å². The standard InChI is InChI=1S/C29H34N4O3/c1-4-27(34)32-28-23(19-36-3)11-9-21-8-10-22(18-24(21)28)25-6-5-7-26(31-25)29(35)30-15-12-20-13-16-33(2)17-14-20/h4-11,18,20H,1,12-17,19H2,2-3H3,(H,30,35)(H,32,34). The van der Waals surface area contributed by atoms with E-state index >= 15 is 0 Å². The van der Waals surface area contributed by atoms with Crippen LogP contribution in [0.4, 0.5) is 5.69 Å². The number of hydrogen-bond acceptors (Lipinski definition) is 5. The fourth-order valence-corrected chi connectivity index (χ4v) is 4.67. The molecule has 0 radical (unpaired) electrons. The third-order valence-corrected chi connectivity index (χ3v) is 6.80. The molecule has 2 N–H and O–H groups in total. The molecule has 4 rings (SSSR count). The first-order valence-corrected chi connectivity index (χ1v) is 12.4. The number of rotatable bonds is 9. The Morgan fingerprint density at radius 3 is 2.69 bits per heavy atom. The minimum absolute atomic E-state index is 0.160. The number of amides is 2. The molecule has 1 aliphatic rings. The van der Waals surface area contributed by atoms with Crippen molar-refractivity contribution in [3.05, 3.63) is 72.4 Å². The minimum atomic E-state index is -0.290. The fourth-order valence-electron chi connectivity index (χ4n) is 4.67. The number of aromatic nitrogens is 1. The molecule has 0 atom stereocenters. The molecule has 2 aromatic carbocycles. The van der Waals surface area contributed by atoms with Gasteiger partial charge in [0.1, 0.15) is 5.69 Å². The molecule has 0 saturated carbocycles. The van der Waals surface area contributed by atoms with E-state index in [1.807, 2.05) is 42.5 Å². The second-order valence-electron chi connectivity index (χ2n) is 9.36. The summed E-state index contributed by atoms with van der Waals surface area (Å²) in [7, 11) is 3.77. The molecule has 1 aromatic heterocycles. The molecule has 3 aromatic rings. The molecule has 1 saturated heterocycles. The second-order valence-corrected chi connectivity index (χ2v) is 9.36. The normalized spacial score (nSPS) is 14.5. The van der Waals surface area contributed by atoms with Gasteiger partial charge in [-0.1, -0.05) is 36.9 Å². The molecule has 1 fully saturated rings. The molecule has 2 heterocycles. The van der Waals surface area contributed by atoms with Crippen LogP contribution in [-0.4, -0.2) is 55.5 Å². The van der Waals surface area contributed by atoms with Crippen molar-refractivity contribution in [3.8, 4) is 11.3 Å². The summed E-state index contributed by atoms with van der Waals surface area (Å²) in [6.07, 6.45) is 4.61. The van der Waals surface area contributed by atoms with Crippen LogP contribution in [0.3, 0.4) is 0 Å². The van der Waals surface area contributed by atoms with Crippen molar-refractivity contribution in [1.29, 1.82) is 0 Å². The van der Waals surface area contributed by atoms with Crippen molar-refractivity contribution in [3.63, 3.8) is 0 Å². The smallest absolute Gasteiger partial charge is 0.269 e. The zero-order chi connectivity index (χ0) is 25.5. The lowest BCUT2D eigenvalue weighted by Gasteiger charge is -2.28. The first kappa shape index (κ1) is 25.5. The van der Waals surface area contributed by atoms with Gasteiger partial charge in [0.2, 0.25) is 5.91 Å². The average molecular weight is 487 g/mol. The van der Waals surface area contributed by atoms with Crippen molar-refractivity contribution < 1.29 is 14.3 Å². The molecule has 36 heavy (non-hydrogen) atoms. The van der Waals surface area contributed by atoms with Crippen LogP contribution in [0.15, 0.2) is 61.2 Å². The first-order chi connectivity index (χ1) is 17.5. The summed E-state index contributed by atoms with van der Waals surface area (Å²) >= 11 is 0. The van der Waals surface area contributed by atoms with Crippen molar-refractivity contribution in [2.75, 3.05) is 39.1 Å². The topological polar surface area (TPSA) is 83.6 Å². The van der Waals surface area contributed by atoms with Gasteiger partial charge in [0, 0.05) is 30.2 Å². The highest BCUT2D eigenvalue weighted by Gasteiger charge is 2.17. The summed E-state index contributed by atoms with van der Waals surface area (Å²) in [6.45, 7) is 6.83. The number of likely N-dealkylation sites (tertiary alicyclic amines) is 1. The maximum absolute atomic E-state index is 12.8. The van der Waals surface area contributed by atoms with E-state index in [4.69, 9.17) is 4.74 Å². The number of ether oxygens (including phenoxy) is 1. The number of benzene rings is 2. The van der Waals surface area contributed by atoms with Gasteiger partial charge in [0.25, 0.3) is 5.91 Å². The van der Waals surface area contributed by atoms with Crippen LogP contribution in [0.1, 0.15) is 35.3 Å². The number of nitrogens with one attached hydrogen (secondary N) is 2. The van der Waals surface area contributed by atoms with E-state index in [0.29, 0.717) is 36.1 Å². The summed E-state index contributed by atoms with van der Waals surface area (Å²) in [5.74, 6) is 0.214. The lowest BCUT2D eigenvalue weighted by molar-refractivity contribution is -0.111. The van der Waals surface area contributed by atoms with Gasteiger partial charge in [-0.15, -0.1) is 0 Å². The van der Waals surface area contributed by atoms with Crippen LogP contribution in [0.2, 0.25) is 0 Å². The number of pyridine rings is 1. The van der Waals surface area contributed by atoms with Gasteiger partial charge >= 0.3 is 0 Å². The van der Waals surface area contributed by atoms with Crippen LogP contribution in [-0.2, 0) is 16.1 Å². The molecular weight excluding hydrogens is 452 g/mol. The molecule has 0 spiro atoms. The molecule has 7 nitrogen and oxygen atoms in total. The molecule has 0 bridgehead atoms. The van der Waals surface area contributed by atoms with Gasteiger partial charge in [-0.25, -0.2) is 4.98 Å².